The minimum Gasteiger partial charge on any atom is -0.321 e. The summed E-state index contributed by atoms with van der Waals surface area (Å²) in [5, 5.41) is 8.48. The predicted octanol–water partition coefficient (Wildman–Crippen LogP) is 0.890. The monoisotopic (exact) mass is 132 g/mol. The second-order valence-corrected chi connectivity index (χ2v) is 2.06. The molecule has 0 aliphatic heterocycles. The zero-order chi connectivity index (χ0) is 7.40. The van der Waals surface area contributed by atoms with Gasteiger partial charge < -0.3 is 5.73 Å². The molecular formula is C8H8N2. The summed E-state index contributed by atoms with van der Waals surface area (Å²) in [6.07, 6.45) is 8.94. The normalized spacial score (nSPS) is 23.2. The second-order valence-electron chi connectivity index (χ2n) is 2.06. The molecule has 0 radical (unpaired) electrons. The van der Waals surface area contributed by atoms with Gasteiger partial charge in [0, 0.05) is 11.6 Å². The van der Waals surface area contributed by atoms with Crippen molar-refractivity contribution in [1.29, 1.82) is 5.26 Å². The Labute approximate surface area is 60.0 Å². The van der Waals surface area contributed by atoms with Crippen molar-refractivity contribution >= 4 is 0 Å². The van der Waals surface area contributed by atoms with E-state index < -0.39 is 0 Å². The Morgan fingerprint density at radius 3 is 3.00 bits per heavy atom. The quantitative estimate of drug-likeness (QED) is 0.532. The lowest BCUT2D eigenvalue weighted by Gasteiger charge is -1.94. The van der Waals surface area contributed by atoms with Crippen LogP contribution in [0.4, 0.5) is 0 Å². The van der Waals surface area contributed by atoms with Crippen molar-refractivity contribution in [3.8, 4) is 6.07 Å². The van der Waals surface area contributed by atoms with Crippen molar-refractivity contribution < 1.29 is 0 Å². The highest BCUT2D eigenvalue weighted by Crippen LogP contribution is 2.01. The molecule has 0 saturated carbocycles. The zero-order valence-corrected chi connectivity index (χ0v) is 5.49. The van der Waals surface area contributed by atoms with Crippen LogP contribution >= 0.6 is 0 Å². The van der Waals surface area contributed by atoms with Crippen LogP contribution in [0.15, 0.2) is 36.0 Å². The van der Waals surface area contributed by atoms with Crippen molar-refractivity contribution in [1.82, 2.24) is 0 Å². The van der Waals surface area contributed by atoms with Crippen molar-refractivity contribution in [2.75, 3.05) is 0 Å². The zero-order valence-electron chi connectivity index (χ0n) is 5.49. The molecule has 0 spiro atoms. The third kappa shape index (κ3) is 1.57. The molecule has 50 valence electrons. The molecule has 1 rings (SSSR count). The average Bonchev–Trinajstić information content (AvgIpc) is 2.13. The number of nitriles is 1. The van der Waals surface area contributed by atoms with Gasteiger partial charge in [0.05, 0.1) is 6.07 Å². The number of hydrogen-bond donors (Lipinski definition) is 1. The lowest BCUT2D eigenvalue weighted by atomic mass is 10.2. The molecule has 0 aromatic rings. The Bertz CT molecular complexity index is 240. The minimum absolute atomic E-state index is 0.121. The van der Waals surface area contributed by atoms with Crippen LogP contribution in [0, 0.1) is 11.3 Å². The number of hydrogen-bond acceptors (Lipinski definition) is 2. The van der Waals surface area contributed by atoms with E-state index in [1.807, 2.05) is 24.3 Å². The largest absolute Gasteiger partial charge is 0.321 e. The second kappa shape index (κ2) is 3.00. The van der Waals surface area contributed by atoms with Crippen LogP contribution in [0.25, 0.3) is 0 Å². The summed E-state index contributed by atoms with van der Waals surface area (Å²) >= 11 is 0. The molecule has 0 aromatic carbocycles. The van der Waals surface area contributed by atoms with E-state index >= 15 is 0 Å². The fraction of sp³-hybridized carbons (Fsp3) is 0.125. The molecule has 2 nitrogen and oxygen atoms in total. The highest BCUT2D eigenvalue weighted by Gasteiger charge is 1.96. The summed E-state index contributed by atoms with van der Waals surface area (Å²) in [6, 6.07) is 1.91. The van der Waals surface area contributed by atoms with Gasteiger partial charge in [0.25, 0.3) is 0 Å². The van der Waals surface area contributed by atoms with Gasteiger partial charge in [-0.1, -0.05) is 18.2 Å². The molecule has 10 heavy (non-hydrogen) atoms. The molecule has 0 amide bonds. The van der Waals surface area contributed by atoms with Crippen molar-refractivity contribution in [2.24, 2.45) is 5.73 Å². The predicted molar refractivity (Wildman–Crippen MR) is 40.0 cm³/mol. The van der Waals surface area contributed by atoms with Gasteiger partial charge in [0.2, 0.25) is 0 Å². The SMILES string of the molecule is N#CC1=CC(N)C=CC=C1. The highest BCUT2D eigenvalue weighted by molar-refractivity contribution is 5.38. The van der Waals surface area contributed by atoms with E-state index in [0.717, 1.165) is 0 Å². The van der Waals surface area contributed by atoms with Gasteiger partial charge in [0.1, 0.15) is 0 Å². The Morgan fingerprint density at radius 1 is 1.50 bits per heavy atom. The van der Waals surface area contributed by atoms with Crippen LogP contribution < -0.4 is 5.73 Å². The molecule has 0 fully saturated rings. The van der Waals surface area contributed by atoms with Gasteiger partial charge in [-0.25, -0.2) is 0 Å². The molecular weight excluding hydrogens is 124 g/mol. The number of nitrogens with two attached hydrogens (primary N) is 1. The first-order valence-electron chi connectivity index (χ1n) is 3.05. The molecule has 0 bridgehead atoms. The average molecular weight is 132 g/mol. The van der Waals surface area contributed by atoms with Gasteiger partial charge in [-0.05, 0) is 12.2 Å². The molecule has 1 aliphatic carbocycles. The fourth-order valence-corrected chi connectivity index (χ4v) is 0.745. The molecule has 0 heterocycles. The molecule has 2 heteroatoms. The van der Waals surface area contributed by atoms with Gasteiger partial charge in [-0.3, -0.25) is 0 Å². The van der Waals surface area contributed by atoms with E-state index in [4.69, 9.17) is 11.0 Å². The smallest absolute Gasteiger partial charge is 0.0988 e. The first kappa shape index (κ1) is 6.79. The standard InChI is InChI=1S/C8H8N2/c9-6-7-3-1-2-4-8(10)5-7/h1-5,8H,10H2. The Balaban J connectivity index is 2.87. The van der Waals surface area contributed by atoms with Crippen LogP contribution in [0.5, 0.6) is 0 Å². The Kier molecular flexibility index (Phi) is 2.03. The van der Waals surface area contributed by atoms with Crippen LogP contribution in [0.3, 0.4) is 0 Å². The molecule has 1 atom stereocenters. The van der Waals surface area contributed by atoms with E-state index in [1.54, 1.807) is 12.2 Å². The van der Waals surface area contributed by atoms with E-state index in [0.29, 0.717) is 5.57 Å². The summed E-state index contributed by atoms with van der Waals surface area (Å²) in [5.74, 6) is 0. The molecule has 1 aliphatic rings. The van der Waals surface area contributed by atoms with E-state index in [-0.39, 0.29) is 6.04 Å². The lowest BCUT2D eigenvalue weighted by Crippen LogP contribution is -2.12. The number of rotatable bonds is 0. The summed E-state index contributed by atoms with van der Waals surface area (Å²) in [5.41, 5.74) is 6.17. The first-order valence-corrected chi connectivity index (χ1v) is 3.05. The highest BCUT2D eigenvalue weighted by atomic mass is 14.6. The summed E-state index contributed by atoms with van der Waals surface area (Å²) in [7, 11) is 0. The number of nitrogens with zero attached hydrogens (tertiary/aromatic N) is 1. The van der Waals surface area contributed by atoms with E-state index in [2.05, 4.69) is 0 Å². The van der Waals surface area contributed by atoms with Gasteiger partial charge in [-0.15, -0.1) is 0 Å². The van der Waals surface area contributed by atoms with Crippen molar-refractivity contribution in [3.63, 3.8) is 0 Å². The van der Waals surface area contributed by atoms with Gasteiger partial charge >= 0.3 is 0 Å². The maximum Gasteiger partial charge on any atom is 0.0988 e. The fourth-order valence-electron chi connectivity index (χ4n) is 0.745. The van der Waals surface area contributed by atoms with Crippen LogP contribution in [0.1, 0.15) is 0 Å². The molecule has 1 unspecified atom stereocenters. The minimum atomic E-state index is -0.121. The maximum absolute atomic E-state index is 8.48. The third-order valence-electron chi connectivity index (χ3n) is 1.22. The Morgan fingerprint density at radius 2 is 2.30 bits per heavy atom. The summed E-state index contributed by atoms with van der Waals surface area (Å²) in [4.78, 5) is 0. The lowest BCUT2D eigenvalue weighted by molar-refractivity contribution is 1.03. The van der Waals surface area contributed by atoms with E-state index in [1.165, 1.54) is 0 Å². The van der Waals surface area contributed by atoms with Crippen LogP contribution in [-0.4, -0.2) is 6.04 Å². The van der Waals surface area contributed by atoms with Crippen molar-refractivity contribution in [2.45, 2.75) is 6.04 Å². The van der Waals surface area contributed by atoms with E-state index in [9.17, 15) is 0 Å². The molecule has 0 aromatic heterocycles. The number of allylic oxidation sites excluding steroid dienone is 4. The van der Waals surface area contributed by atoms with Crippen LogP contribution in [-0.2, 0) is 0 Å². The first-order chi connectivity index (χ1) is 4.83. The van der Waals surface area contributed by atoms with Gasteiger partial charge in [0.15, 0.2) is 0 Å². The summed E-state index contributed by atoms with van der Waals surface area (Å²) in [6.45, 7) is 0. The van der Waals surface area contributed by atoms with Crippen LogP contribution in [0.2, 0.25) is 0 Å². The van der Waals surface area contributed by atoms with Gasteiger partial charge in [-0.2, -0.15) is 5.26 Å². The Hall–Kier alpha value is -1.33. The topological polar surface area (TPSA) is 49.8 Å². The maximum atomic E-state index is 8.48. The third-order valence-corrected chi connectivity index (χ3v) is 1.22. The van der Waals surface area contributed by atoms with Crippen molar-refractivity contribution in [3.05, 3.63) is 36.0 Å². The summed E-state index contributed by atoms with van der Waals surface area (Å²) < 4.78 is 0. The molecule has 0 saturated heterocycles. The molecule has 2 N–H and O–H groups in total.